The summed E-state index contributed by atoms with van der Waals surface area (Å²) in [4.78, 5) is 57.3. The molecule has 0 unspecified atom stereocenters. The molecule has 10 nitrogen and oxygen atoms in total. The van der Waals surface area contributed by atoms with Crippen molar-refractivity contribution in [2.75, 3.05) is 32.8 Å². The minimum absolute atomic E-state index is 0.126. The van der Waals surface area contributed by atoms with Gasteiger partial charge in [0.2, 0.25) is 17.7 Å². The molecule has 39 heavy (non-hydrogen) atoms. The van der Waals surface area contributed by atoms with Crippen LogP contribution in [0.4, 0.5) is 0 Å². The van der Waals surface area contributed by atoms with Crippen LogP contribution < -0.4 is 5.32 Å². The van der Waals surface area contributed by atoms with Gasteiger partial charge in [0.05, 0.1) is 18.6 Å². The van der Waals surface area contributed by atoms with E-state index in [1.54, 1.807) is 22.8 Å². The fraction of sp³-hybridized carbons (Fsp3) is 0.724. The second-order valence-electron chi connectivity index (χ2n) is 11.1. The van der Waals surface area contributed by atoms with E-state index >= 15 is 0 Å². The molecule has 6 atom stereocenters. The Kier molecular flexibility index (Phi) is 9.82. The van der Waals surface area contributed by atoms with Gasteiger partial charge in [0, 0.05) is 32.7 Å². The van der Waals surface area contributed by atoms with Crippen molar-refractivity contribution in [3.63, 3.8) is 0 Å². The normalized spacial score (nSPS) is 33.9. The third kappa shape index (κ3) is 6.06. The number of carbonyl (C=O) groups is 4. The molecule has 4 rings (SSSR count). The first-order chi connectivity index (χ1) is 18.8. The summed E-state index contributed by atoms with van der Waals surface area (Å²) in [5.74, 6) is -2.82. The van der Waals surface area contributed by atoms with Gasteiger partial charge in [0.25, 0.3) is 0 Å². The minimum Gasteiger partial charge on any atom is -0.460 e. The SMILES string of the molecule is CCCCN1C/C=C\CCC(=O)NC[C@H](C)OC(=O)[C@@H]2[C@H]3C(=O)N(CCCCCCO)[C@H](C1=O)[C@]31C=C[C@H]2O1. The van der Waals surface area contributed by atoms with Gasteiger partial charge < -0.3 is 29.7 Å². The number of rotatable bonds is 9. The number of hydrogen-bond donors (Lipinski definition) is 2. The molecule has 4 aliphatic heterocycles. The van der Waals surface area contributed by atoms with Crippen molar-refractivity contribution >= 4 is 23.7 Å². The van der Waals surface area contributed by atoms with Gasteiger partial charge in [-0.1, -0.05) is 50.5 Å². The van der Waals surface area contributed by atoms with Gasteiger partial charge in [-0.15, -0.1) is 0 Å². The van der Waals surface area contributed by atoms with Crippen LogP contribution >= 0.6 is 0 Å². The zero-order valence-corrected chi connectivity index (χ0v) is 23.2. The van der Waals surface area contributed by atoms with Crippen molar-refractivity contribution in [2.45, 2.75) is 89.1 Å². The van der Waals surface area contributed by atoms with Crippen LogP contribution in [0.15, 0.2) is 24.3 Å². The molecule has 4 aliphatic rings. The number of allylic oxidation sites excluding steroid dienone is 1. The highest BCUT2D eigenvalue weighted by molar-refractivity contribution is 5.99. The number of ether oxygens (including phenoxy) is 2. The third-order valence-electron chi connectivity index (χ3n) is 8.21. The van der Waals surface area contributed by atoms with E-state index in [9.17, 15) is 19.2 Å². The van der Waals surface area contributed by atoms with E-state index in [0.29, 0.717) is 45.3 Å². The van der Waals surface area contributed by atoms with Crippen LogP contribution in [0.3, 0.4) is 0 Å². The van der Waals surface area contributed by atoms with Crippen molar-refractivity contribution in [3.8, 4) is 0 Å². The Bertz CT molecular complexity index is 982. The van der Waals surface area contributed by atoms with Crippen LogP contribution in [0.5, 0.6) is 0 Å². The van der Waals surface area contributed by atoms with Crippen molar-refractivity contribution < 1.29 is 33.8 Å². The van der Waals surface area contributed by atoms with Gasteiger partial charge in [-0.2, -0.15) is 0 Å². The number of likely N-dealkylation sites (tertiary alicyclic amines) is 1. The predicted octanol–water partition coefficient (Wildman–Crippen LogP) is 1.72. The summed E-state index contributed by atoms with van der Waals surface area (Å²) in [7, 11) is 0. The molecule has 0 aromatic heterocycles. The molecule has 0 aromatic rings. The molecule has 2 fully saturated rings. The molecule has 0 aliphatic carbocycles. The standard InChI is InChI=1S/C29H43N3O7/c1-3-4-15-31-16-9-7-8-12-22(34)30-19-20(2)38-28(37)23-21-13-14-29(39-21)24(23)26(35)32(25(29)27(31)36)17-10-5-6-11-18-33/h7,9,13-14,20-21,23-25,33H,3-6,8,10-12,15-19H2,1-2H3,(H,30,34)/b9-7-/t20-,21+,23-,24-,25+,29-/m0/s1. The summed E-state index contributed by atoms with van der Waals surface area (Å²) in [5.41, 5.74) is -1.22. The highest BCUT2D eigenvalue weighted by atomic mass is 16.6. The topological polar surface area (TPSA) is 125 Å². The number of carbonyl (C=O) groups excluding carboxylic acids is 4. The number of aliphatic hydroxyl groups is 1. The molecular weight excluding hydrogens is 502 g/mol. The summed E-state index contributed by atoms with van der Waals surface area (Å²) >= 11 is 0. The van der Waals surface area contributed by atoms with E-state index in [0.717, 1.165) is 25.7 Å². The summed E-state index contributed by atoms with van der Waals surface area (Å²) in [6.45, 7) is 5.35. The minimum atomic E-state index is -1.22. The highest BCUT2D eigenvalue weighted by Gasteiger charge is 2.73. The molecule has 10 heteroatoms. The summed E-state index contributed by atoms with van der Waals surface area (Å²) in [5, 5.41) is 11.9. The van der Waals surface area contributed by atoms with E-state index in [1.165, 1.54) is 0 Å². The number of aliphatic hydroxyl groups excluding tert-OH is 1. The average Bonchev–Trinajstić information content (AvgIpc) is 3.55. The first-order valence-electron chi connectivity index (χ1n) is 14.5. The number of cyclic esters (lactones) is 1. The molecule has 3 amide bonds. The van der Waals surface area contributed by atoms with E-state index in [-0.39, 0.29) is 30.9 Å². The highest BCUT2D eigenvalue weighted by Crippen LogP contribution is 2.55. The van der Waals surface area contributed by atoms with Gasteiger partial charge in [0.1, 0.15) is 23.7 Å². The summed E-state index contributed by atoms with van der Waals surface area (Å²) in [6.07, 6.45) is 11.8. The van der Waals surface area contributed by atoms with Crippen molar-refractivity contribution in [1.29, 1.82) is 0 Å². The lowest BCUT2D eigenvalue weighted by atomic mass is 9.74. The zero-order chi connectivity index (χ0) is 28.0. The monoisotopic (exact) mass is 545 g/mol. The van der Waals surface area contributed by atoms with Gasteiger partial charge >= 0.3 is 5.97 Å². The quantitative estimate of drug-likeness (QED) is 0.257. The Labute approximate surface area is 230 Å². The first kappa shape index (κ1) is 29.3. The molecule has 2 N–H and O–H groups in total. The van der Waals surface area contributed by atoms with E-state index in [4.69, 9.17) is 14.6 Å². The van der Waals surface area contributed by atoms with Crippen LogP contribution in [0, 0.1) is 11.8 Å². The van der Waals surface area contributed by atoms with E-state index < -0.39 is 41.7 Å². The Hall–Kier alpha value is -2.72. The van der Waals surface area contributed by atoms with E-state index in [2.05, 4.69) is 12.2 Å². The Morgan fingerprint density at radius 3 is 2.62 bits per heavy atom. The largest absolute Gasteiger partial charge is 0.460 e. The average molecular weight is 546 g/mol. The van der Waals surface area contributed by atoms with Gasteiger partial charge in [0.15, 0.2) is 0 Å². The number of unbranched alkanes of at least 4 members (excludes halogenated alkanes) is 4. The molecule has 2 saturated heterocycles. The van der Waals surface area contributed by atoms with E-state index in [1.807, 2.05) is 18.2 Å². The summed E-state index contributed by atoms with van der Waals surface area (Å²) in [6, 6.07) is -0.867. The van der Waals surface area contributed by atoms with Gasteiger partial charge in [-0.05, 0) is 32.6 Å². The van der Waals surface area contributed by atoms with Gasteiger partial charge in [-0.25, -0.2) is 0 Å². The maximum Gasteiger partial charge on any atom is 0.313 e. The number of esters is 1. The molecule has 4 heterocycles. The second-order valence-corrected chi connectivity index (χ2v) is 11.1. The molecule has 1 spiro atoms. The Morgan fingerprint density at radius 1 is 1.05 bits per heavy atom. The van der Waals surface area contributed by atoms with Crippen LogP contribution in [-0.2, 0) is 28.7 Å². The van der Waals surface area contributed by atoms with Crippen LogP contribution in [0.25, 0.3) is 0 Å². The van der Waals surface area contributed by atoms with Crippen molar-refractivity contribution in [2.24, 2.45) is 11.8 Å². The number of amides is 3. The lowest BCUT2D eigenvalue weighted by Gasteiger charge is -2.36. The zero-order valence-electron chi connectivity index (χ0n) is 23.2. The second kappa shape index (κ2) is 13.1. The van der Waals surface area contributed by atoms with Crippen molar-refractivity contribution in [1.82, 2.24) is 15.1 Å². The molecular formula is C29H43N3O7. The van der Waals surface area contributed by atoms with Crippen LogP contribution in [0.1, 0.15) is 65.2 Å². The maximum atomic E-state index is 14.3. The molecule has 0 aromatic carbocycles. The lowest BCUT2D eigenvalue weighted by Crippen LogP contribution is -2.56. The van der Waals surface area contributed by atoms with Crippen LogP contribution in [-0.4, -0.2) is 95.2 Å². The Balaban J connectivity index is 1.68. The smallest absolute Gasteiger partial charge is 0.313 e. The number of nitrogens with one attached hydrogen (secondary N) is 1. The summed E-state index contributed by atoms with van der Waals surface area (Å²) < 4.78 is 12.1. The number of fused-ring (bicyclic) bond motifs is 2. The predicted molar refractivity (Wildman–Crippen MR) is 143 cm³/mol. The molecule has 216 valence electrons. The molecule has 5 bridgehead atoms. The van der Waals surface area contributed by atoms with Crippen LogP contribution in [0.2, 0.25) is 0 Å². The Morgan fingerprint density at radius 2 is 1.85 bits per heavy atom. The van der Waals surface area contributed by atoms with Crippen molar-refractivity contribution in [3.05, 3.63) is 24.3 Å². The maximum absolute atomic E-state index is 14.3. The molecule has 0 saturated carbocycles. The molecule has 0 radical (unpaired) electrons. The number of nitrogens with zero attached hydrogens (tertiary/aromatic N) is 2. The third-order valence-corrected chi connectivity index (χ3v) is 8.21. The van der Waals surface area contributed by atoms with Gasteiger partial charge in [-0.3, -0.25) is 19.2 Å². The number of hydrogen-bond acceptors (Lipinski definition) is 7. The fourth-order valence-electron chi connectivity index (χ4n) is 6.22. The fourth-order valence-corrected chi connectivity index (χ4v) is 6.22. The first-order valence-corrected chi connectivity index (χ1v) is 14.5. The lowest BCUT2D eigenvalue weighted by molar-refractivity contribution is -0.158.